The van der Waals surface area contributed by atoms with Crippen molar-refractivity contribution in [1.29, 1.82) is 0 Å². The molecule has 0 bridgehead atoms. The zero-order valence-corrected chi connectivity index (χ0v) is 24.1. The first-order valence-electron chi connectivity index (χ1n) is 14.3. The summed E-state index contributed by atoms with van der Waals surface area (Å²) in [5.74, 6) is 1.38. The highest BCUT2D eigenvalue weighted by Crippen LogP contribution is 2.37. The van der Waals surface area contributed by atoms with Gasteiger partial charge < -0.3 is 4.42 Å². The molecule has 0 aliphatic carbocycles. The molecular formula is C38H28ClN3O. The molecule has 0 spiro atoms. The summed E-state index contributed by atoms with van der Waals surface area (Å²) >= 11 is 6.14. The molecule has 1 aliphatic rings. The number of hydrogen-bond acceptors (Lipinski definition) is 4. The fraction of sp³-hybridized carbons (Fsp3) is 0.0526. The Labute approximate surface area is 256 Å². The fourth-order valence-electron chi connectivity index (χ4n) is 5.31. The van der Waals surface area contributed by atoms with Crippen LogP contribution in [0.25, 0.3) is 34.9 Å². The number of oxazole rings is 1. The highest BCUT2D eigenvalue weighted by atomic mass is 35.5. The Morgan fingerprint density at radius 2 is 1.26 bits per heavy atom. The number of hydrazone groups is 1. The van der Waals surface area contributed by atoms with Crippen molar-refractivity contribution < 1.29 is 4.42 Å². The van der Waals surface area contributed by atoms with Crippen LogP contribution in [0.15, 0.2) is 149 Å². The Morgan fingerprint density at radius 1 is 0.651 bits per heavy atom. The summed E-state index contributed by atoms with van der Waals surface area (Å²) in [6, 6.07) is 45.4. The smallest absolute Gasteiger partial charge is 0.226 e. The molecule has 0 radical (unpaired) electrons. The van der Waals surface area contributed by atoms with Gasteiger partial charge >= 0.3 is 0 Å². The van der Waals surface area contributed by atoms with E-state index in [0.717, 1.165) is 56.4 Å². The standard InChI is InChI=1S/C38H28ClN3O/c39-33-21-19-29(20-22-33)35-25-36(30-7-3-1-4-8-30)42(41-35)34-23-15-28(16-24-34)12-11-27-13-17-32(18-14-27)38-40-26-37(43-38)31-9-5-2-6-10-31/h1-24,26,36H,25H2. The van der Waals surface area contributed by atoms with Crippen LogP contribution in [0.4, 0.5) is 5.69 Å². The number of aromatic nitrogens is 1. The van der Waals surface area contributed by atoms with Crippen LogP contribution in [0.5, 0.6) is 0 Å². The van der Waals surface area contributed by atoms with Crippen molar-refractivity contribution in [1.82, 2.24) is 4.98 Å². The van der Waals surface area contributed by atoms with Gasteiger partial charge in [-0.05, 0) is 58.7 Å². The molecule has 43 heavy (non-hydrogen) atoms. The van der Waals surface area contributed by atoms with Crippen LogP contribution < -0.4 is 5.01 Å². The van der Waals surface area contributed by atoms with Crippen LogP contribution in [0.3, 0.4) is 0 Å². The predicted molar refractivity (Wildman–Crippen MR) is 177 cm³/mol. The molecule has 0 N–H and O–H groups in total. The molecule has 1 atom stereocenters. The highest BCUT2D eigenvalue weighted by Gasteiger charge is 2.29. The van der Waals surface area contributed by atoms with Crippen LogP contribution in [0.1, 0.15) is 34.7 Å². The zero-order valence-electron chi connectivity index (χ0n) is 23.3. The van der Waals surface area contributed by atoms with Crippen molar-refractivity contribution in [2.75, 3.05) is 5.01 Å². The number of nitrogens with zero attached hydrogens (tertiary/aromatic N) is 3. The summed E-state index contributed by atoms with van der Waals surface area (Å²) in [5.41, 5.74) is 8.62. The van der Waals surface area contributed by atoms with E-state index in [9.17, 15) is 0 Å². The first-order chi connectivity index (χ1) is 21.2. The van der Waals surface area contributed by atoms with Gasteiger partial charge in [-0.2, -0.15) is 5.10 Å². The maximum absolute atomic E-state index is 6.14. The van der Waals surface area contributed by atoms with Crippen molar-refractivity contribution >= 4 is 35.2 Å². The van der Waals surface area contributed by atoms with Crippen LogP contribution in [-0.2, 0) is 0 Å². The number of anilines is 1. The van der Waals surface area contributed by atoms with E-state index in [1.807, 2.05) is 72.8 Å². The van der Waals surface area contributed by atoms with Crippen LogP contribution >= 0.6 is 11.6 Å². The minimum Gasteiger partial charge on any atom is -0.436 e. The molecule has 0 amide bonds. The fourth-order valence-corrected chi connectivity index (χ4v) is 5.44. The zero-order chi connectivity index (χ0) is 29.0. The number of hydrogen-bond donors (Lipinski definition) is 0. The van der Waals surface area contributed by atoms with Gasteiger partial charge in [0.05, 0.1) is 23.6 Å². The van der Waals surface area contributed by atoms with E-state index in [1.165, 1.54) is 5.56 Å². The summed E-state index contributed by atoms with van der Waals surface area (Å²) in [4.78, 5) is 4.47. The molecule has 7 rings (SSSR count). The number of halogens is 1. The topological polar surface area (TPSA) is 41.6 Å². The second-order valence-electron chi connectivity index (χ2n) is 10.5. The quantitative estimate of drug-likeness (QED) is 0.177. The Morgan fingerprint density at radius 3 is 1.93 bits per heavy atom. The van der Waals surface area contributed by atoms with Gasteiger partial charge in [-0.15, -0.1) is 0 Å². The lowest BCUT2D eigenvalue weighted by Crippen LogP contribution is -2.18. The second-order valence-corrected chi connectivity index (χ2v) is 10.9. The average Bonchev–Trinajstić information content (AvgIpc) is 3.75. The van der Waals surface area contributed by atoms with E-state index in [4.69, 9.17) is 21.1 Å². The van der Waals surface area contributed by atoms with E-state index < -0.39 is 0 Å². The third-order valence-electron chi connectivity index (χ3n) is 7.62. The molecular weight excluding hydrogens is 550 g/mol. The van der Waals surface area contributed by atoms with Crippen LogP contribution in [0.2, 0.25) is 5.02 Å². The molecule has 4 nitrogen and oxygen atoms in total. The largest absolute Gasteiger partial charge is 0.436 e. The third kappa shape index (κ3) is 5.92. The lowest BCUT2D eigenvalue weighted by Gasteiger charge is -2.24. The van der Waals surface area contributed by atoms with Crippen LogP contribution in [-0.4, -0.2) is 10.7 Å². The van der Waals surface area contributed by atoms with Gasteiger partial charge in [-0.3, -0.25) is 5.01 Å². The highest BCUT2D eigenvalue weighted by molar-refractivity contribution is 6.30. The van der Waals surface area contributed by atoms with Gasteiger partial charge in [-0.25, -0.2) is 4.98 Å². The maximum Gasteiger partial charge on any atom is 0.226 e. The lowest BCUT2D eigenvalue weighted by atomic mass is 9.98. The second kappa shape index (κ2) is 12.0. The molecule has 1 aliphatic heterocycles. The van der Waals surface area contributed by atoms with E-state index in [2.05, 4.69) is 82.8 Å². The number of benzene rings is 5. The molecule has 0 saturated carbocycles. The van der Waals surface area contributed by atoms with Gasteiger partial charge in [-0.1, -0.05) is 121 Å². The van der Waals surface area contributed by atoms with E-state index in [1.54, 1.807) is 6.20 Å². The molecule has 208 valence electrons. The van der Waals surface area contributed by atoms with Gasteiger partial charge in [0, 0.05) is 22.6 Å². The van der Waals surface area contributed by atoms with Crippen molar-refractivity contribution in [3.8, 4) is 22.8 Å². The Kier molecular flexibility index (Phi) is 7.43. The van der Waals surface area contributed by atoms with Gasteiger partial charge in [0.1, 0.15) is 0 Å². The van der Waals surface area contributed by atoms with Crippen molar-refractivity contribution in [2.45, 2.75) is 12.5 Å². The monoisotopic (exact) mass is 577 g/mol. The minimum atomic E-state index is 0.124. The van der Waals surface area contributed by atoms with Gasteiger partial charge in [0.15, 0.2) is 5.76 Å². The summed E-state index contributed by atoms with van der Waals surface area (Å²) in [7, 11) is 0. The van der Waals surface area contributed by atoms with Crippen molar-refractivity contribution in [3.05, 3.63) is 167 Å². The van der Waals surface area contributed by atoms with Crippen LogP contribution in [0, 0.1) is 0 Å². The van der Waals surface area contributed by atoms with E-state index >= 15 is 0 Å². The van der Waals surface area contributed by atoms with Crippen molar-refractivity contribution in [3.63, 3.8) is 0 Å². The molecule has 0 fully saturated rings. The summed E-state index contributed by atoms with van der Waals surface area (Å²) in [6.45, 7) is 0. The SMILES string of the molecule is Clc1ccc(C2=NN(c3ccc(C=Cc4ccc(-c5ncc(-c6ccccc6)o5)cc4)cc3)C(c3ccccc3)C2)cc1. The maximum atomic E-state index is 6.14. The Balaban J connectivity index is 1.07. The van der Waals surface area contributed by atoms with Crippen molar-refractivity contribution in [2.24, 2.45) is 5.10 Å². The molecule has 2 heterocycles. The predicted octanol–water partition coefficient (Wildman–Crippen LogP) is 10.2. The van der Waals surface area contributed by atoms with Gasteiger partial charge in [0.2, 0.25) is 5.89 Å². The van der Waals surface area contributed by atoms with Gasteiger partial charge in [0.25, 0.3) is 0 Å². The summed E-state index contributed by atoms with van der Waals surface area (Å²) in [6.07, 6.45) is 6.84. The molecule has 0 saturated heterocycles. The molecule has 5 aromatic carbocycles. The molecule has 5 heteroatoms. The lowest BCUT2D eigenvalue weighted by molar-refractivity contribution is 0.589. The summed E-state index contributed by atoms with van der Waals surface area (Å²) in [5, 5.41) is 7.93. The minimum absolute atomic E-state index is 0.124. The van der Waals surface area contributed by atoms with E-state index in [0.29, 0.717) is 5.89 Å². The Hall–Kier alpha value is -5.19. The number of rotatable bonds is 7. The molecule has 6 aromatic rings. The Bertz CT molecular complexity index is 1880. The average molecular weight is 578 g/mol. The normalized spacial score (nSPS) is 14.8. The summed E-state index contributed by atoms with van der Waals surface area (Å²) < 4.78 is 6.00. The van der Waals surface area contributed by atoms with E-state index in [-0.39, 0.29) is 6.04 Å². The third-order valence-corrected chi connectivity index (χ3v) is 7.87. The first-order valence-corrected chi connectivity index (χ1v) is 14.6. The molecule has 1 aromatic heterocycles. The first kappa shape index (κ1) is 26.7. The molecule has 1 unspecified atom stereocenters.